The summed E-state index contributed by atoms with van der Waals surface area (Å²) in [6.45, 7) is 0. The summed E-state index contributed by atoms with van der Waals surface area (Å²) in [6.07, 6.45) is 0.0284. The van der Waals surface area contributed by atoms with E-state index in [-0.39, 0.29) is 34.8 Å². The second kappa shape index (κ2) is 8.71. The molecule has 1 aliphatic heterocycles. The van der Waals surface area contributed by atoms with Crippen LogP contribution < -0.4 is 5.32 Å². The highest BCUT2D eigenvalue weighted by atomic mass is 79.9. The summed E-state index contributed by atoms with van der Waals surface area (Å²) >= 11 is 2.76. The number of nitrogens with zero attached hydrogens (tertiary/aromatic N) is 5. The minimum atomic E-state index is -4.86. The van der Waals surface area contributed by atoms with E-state index in [9.17, 15) is 19.3 Å². The normalized spacial score (nSPS) is 21.1. The fourth-order valence-corrected chi connectivity index (χ4v) is 3.67. The first-order valence-electron chi connectivity index (χ1n) is 8.85. The van der Waals surface area contributed by atoms with Crippen LogP contribution in [0.2, 0.25) is 0 Å². The molecule has 0 saturated carbocycles. The van der Waals surface area contributed by atoms with Crippen LogP contribution in [0.15, 0.2) is 30.9 Å². The molecular formula is C16H14BrN6O8P. The monoisotopic (exact) mass is 528 g/mol. The minimum Gasteiger partial charge on any atom is -0.388 e. The molecule has 168 valence electrons. The molecule has 1 fully saturated rings. The fraction of sp³-hybridized carbons (Fsp3) is 0.250. The Bertz CT molecular complexity index is 1230. The lowest BCUT2D eigenvalue weighted by atomic mass is 10.2. The van der Waals surface area contributed by atoms with E-state index in [1.54, 1.807) is 0 Å². The summed E-state index contributed by atoms with van der Waals surface area (Å²) in [5.41, 5.74) is 0.388. The average Bonchev–Trinajstić information content (AvgIpc) is 3.30. The Kier molecular flexibility index (Phi) is 6.13. The summed E-state index contributed by atoms with van der Waals surface area (Å²) in [7, 11) is -4.86. The molecule has 4 rings (SSSR count). The molecule has 0 aromatic carbocycles. The first kappa shape index (κ1) is 22.5. The van der Waals surface area contributed by atoms with Gasteiger partial charge in [-0.2, -0.15) is 0 Å². The number of hydrogen-bond acceptors (Lipinski definition) is 10. The molecule has 1 saturated heterocycles. The zero-order valence-corrected chi connectivity index (χ0v) is 18.3. The molecule has 3 aromatic rings. The predicted octanol–water partition coefficient (Wildman–Crippen LogP) is 0.724. The minimum absolute atomic E-state index is 0.0220. The third-order valence-electron chi connectivity index (χ3n) is 4.36. The van der Waals surface area contributed by atoms with Crippen molar-refractivity contribution >= 4 is 51.3 Å². The lowest BCUT2D eigenvalue weighted by molar-refractivity contribution is -0.114. The highest BCUT2D eigenvalue weighted by molar-refractivity contribution is 9.18. The molecule has 3 unspecified atom stereocenters. The Balaban J connectivity index is 1.71. The van der Waals surface area contributed by atoms with E-state index in [0.717, 1.165) is 0 Å². The molecule has 14 nitrogen and oxygen atoms in total. The Morgan fingerprint density at radius 3 is 2.66 bits per heavy atom. The van der Waals surface area contributed by atoms with Crippen LogP contribution in [-0.2, 0) is 13.8 Å². The van der Waals surface area contributed by atoms with Crippen LogP contribution in [-0.4, -0.2) is 62.4 Å². The number of carbonyl (C=O) groups is 2. The summed E-state index contributed by atoms with van der Waals surface area (Å²) in [5.74, 6) is -0.921. The van der Waals surface area contributed by atoms with Crippen LogP contribution in [0.25, 0.3) is 11.2 Å². The molecular weight excluding hydrogens is 515 g/mol. The highest BCUT2D eigenvalue weighted by Crippen LogP contribution is 2.43. The molecule has 4 heterocycles. The second-order valence-electron chi connectivity index (χ2n) is 6.54. The molecule has 0 spiro atoms. The predicted molar refractivity (Wildman–Crippen MR) is 108 cm³/mol. The summed E-state index contributed by atoms with van der Waals surface area (Å²) in [6, 6.07) is 2.96. The maximum atomic E-state index is 12.5. The van der Waals surface area contributed by atoms with Gasteiger partial charge in [0.1, 0.15) is 6.10 Å². The van der Waals surface area contributed by atoms with E-state index in [2.05, 4.69) is 45.7 Å². The number of imidazole rings is 1. The van der Waals surface area contributed by atoms with Crippen molar-refractivity contribution in [2.75, 3.05) is 5.32 Å². The molecule has 1 aliphatic rings. The number of hydrogen-bond donors (Lipinski definition) is 4. The van der Waals surface area contributed by atoms with Crippen LogP contribution in [0.1, 0.15) is 33.6 Å². The van der Waals surface area contributed by atoms with Gasteiger partial charge in [-0.3, -0.25) is 23.7 Å². The Morgan fingerprint density at radius 1 is 1.28 bits per heavy atom. The molecule has 3 aromatic heterocycles. The summed E-state index contributed by atoms with van der Waals surface area (Å²) in [5, 5.41) is 12.9. The number of pyridine rings is 1. The van der Waals surface area contributed by atoms with Crippen molar-refractivity contribution in [1.82, 2.24) is 24.5 Å². The lowest BCUT2D eigenvalue weighted by Gasteiger charge is -2.17. The van der Waals surface area contributed by atoms with Crippen LogP contribution in [0.4, 0.5) is 5.82 Å². The standard InChI is InChI=1S/C16H14BrN6O8P/c17-11(25)13-20-12(22-15(26)7-1-3-18-4-2-7)10-14(21-13)23(6-19-10)16-8(24)5-9(30-16)31-32(27,28)29/h1-4,6,8-9,16,24H,5H2,(H2,27,28,29)(H,20,21,22,26). The van der Waals surface area contributed by atoms with Crippen LogP contribution in [0.3, 0.4) is 0 Å². The zero-order chi connectivity index (χ0) is 23.0. The average molecular weight is 529 g/mol. The number of aliphatic hydroxyl groups excluding tert-OH is 1. The number of phosphoric ester groups is 1. The number of carbonyl (C=O) groups excluding carboxylic acids is 2. The van der Waals surface area contributed by atoms with E-state index in [0.29, 0.717) is 0 Å². The number of rotatable bonds is 6. The number of halogens is 1. The first-order chi connectivity index (χ1) is 15.1. The Hall–Kier alpha value is -2.65. The van der Waals surface area contributed by atoms with Gasteiger partial charge in [-0.05, 0) is 12.1 Å². The van der Waals surface area contributed by atoms with E-state index in [1.807, 2.05) is 0 Å². The number of ether oxygens (including phenoxy) is 1. The summed E-state index contributed by atoms with van der Waals surface area (Å²) < 4.78 is 21.5. The second-order valence-corrected chi connectivity index (χ2v) is 8.45. The van der Waals surface area contributed by atoms with Crippen molar-refractivity contribution in [2.24, 2.45) is 0 Å². The van der Waals surface area contributed by atoms with Gasteiger partial charge < -0.3 is 24.9 Å². The van der Waals surface area contributed by atoms with Gasteiger partial charge in [0.15, 0.2) is 29.5 Å². The van der Waals surface area contributed by atoms with Gasteiger partial charge in [0.25, 0.3) is 10.6 Å². The Labute approximate surface area is 187 Å². The van der Waals surface area contributed by atoms with Crippen molar-refractivity contribution in [3.8, 4) is 0 Å². The smallest absolute Gasteiger partial charge is 0.388 e. The number of amides is 1. The molecule has 0 bridgehead atoms. The molecule has 0 radical (unpaired) electrons. The van der Waals surface area contributed by atoms with Crippen molar-refractivity contribution in [3.63, 3.8) is 0 Å². The topological polar surface area (TPSA) is 199 Å². The summed E-state index contributed by atoms with van der Waals surface area (Å²) in [4.78, 5) is 58.5. The van der Waals surface area contributed by atoms with Gasteiger partial charge in [-0.1, -0.05) is 0 Å². The number of aliphatic hydroxyl groups is 1. The molecule has 3 atom stereocenters. The molecule has 16 heteroatoms. The number of nitrogens with one attached hydrogen (secondary N) is 1. The lowest BCUT2D eigenvalue weighted by Crippen LogP contribution is -2.20. The maximum absolute atomic E-state index is 12.5. The van der Waals surface area contributed by atoms with Crippen LogP contribution >= 0.6 is 23.8 Å². The molecule has 32 heavy (non-hydrogen) atoms. The van der Waals surface area contributed by atoms with E-state index < -0.39 is 37.0 Å². The first-order valence-corrected chi connectivity index (χ1v) is 11.2. The molecule has 4 N–H and O–H groups in total. The van der Waals surface area contributed by atoms with Crippen molar-refractivity contribution in [1.29, 1.82) is 0 Å². The third kappa shape index (κ3) is 4.73. The van der Waals surface area contributed by atoms with Gasteiger partial charge >= 0.3 is 7.82 Å². The SMILES string of the molecule is O=C(Nc1nc(C(=O)Br)nc2c1ncn2C1OC(OP(=O)(O)O)CC1O)c1ccncc1. The molecule has 1 amide bonds. The van der Waals surface area contributed by atoms with Crippen LogP contribution in [0.5, 0.6) is 0 Å². The van der Waals surface area contributed by atoms with Gasteiger partial charge in [-0.15, -0.1) is 0 Å². The Morgan fingerprint density at radius 2 is 2.00 bits per heavy atom. The van der Waals surface area contributed by atoms with Gasteiger partial charge in [0.05, 0.1) is 6.33 Å². The van der Waals surface area contributed by atoms with Crippen LogP contribution in [0, 0.1) is 0 Å². The van der Waals surface area contributed by atoms with E-state index >= 15 is 0 Å². The quantitative estimate of drug-likeness (QED) is 0.258. The largest absolute Gasteiger partial charge is 0.471 e. The fourth-order valence-electron chi connectivity index (χ4n) is 3.05. The zero-order valence-electron chi connectivity index (χ0n) is 15.8. The number of aromatic nitrogens is 5. The van der Waals surface area contributed by atoms with E-state index in [1.165, 1.54) is 35.4 Å². The van der Waals surface area contributed by atoms with Crippen molar-refractivity contribution in [2.45, 2.75) is 25.0 Å². The van der Waals surface area contributed by atoms with Gasteiger partial charge in [0.2, 0.25) is 5.82 Å². The molecule has 0 aliphatic carbocycles. The highest BCUT2D eigenvalue weighted by Gasteiger charge is 2.40. The van der Waals surface area contributed by atoms with Crippen molar-refractivity contribution < 1.29 is 38.3 Å². The van der Waals surface area contributed by atoms with Gasteiger partial charge in [0, 0.05) is 40.3 Å². The number of anilines is 1. The van der Waals surface area contributed by atoms with Gasteiger partial charge in [-0.25, -0.2) is 19.5 Å². The van der Waals surface area contributed by atoms with E-state index in [4.69, 9.17) is 14.5 Å². The maximum Gasteiger partial charge on any atom is 0.471 e. The third-order valence-corrected chi connectivity index (χ3v) is 5.22. The number of fused-ring (bicyclic) bond motifs is 1. The van der Waals surface area contributed by atoms with Crippen molar-refractivity contribution in [3.05, 3.63) is 42.2 Å². The number of phosphoric acid groups is 1.